The number of aryl methyl sites for hydroxylation is 1. The van der Waals surface area contributed by atoms with Gasteiger partial charge in [0, 0.05) is 9.79 Å². The quantitative estimate of drug-likeness (QED) is 0.304. The van der Waals surface area contributed by atoms with Gasteiger partial charge < -0.3 is 9.47 Å². The fourth-order valence-corrected chi connectivity index (χ4v) is 5.06. The van der Waals surface area contributed by atoms with Gasteiger partial charge in [0.1, 0.15) is 17.4 Å². The maximum Gasteiger partial charge on any atom is 0.416 e. The molecule has 2 aromatic carbocycles. The summed E-state index contributed by atoms with van der Waals surface area (Å²) in [6.07, 6.45) is -2.72. The molecular weight excluding hydrogens is 504 g/mol. The molecule has 0 fully saturated rings. The van der Waals surface area contributed by atoms with Gasteiger partial charge in [-0.15, -0.1) is 0 Å². The summed E-state index contributed by atoms with van der Waals surface area (Å²) < 4.78 is 65.5. The molecule has 0 radical (unpaired) electrons. The second-order valence-electron chi connectivity index (χ2n) is 9.45. The van der Waals surface area contributed by atoms with E-state index in [2.05, 4.69) is 13.8 Å². The Morgan fingerprint density at radius 3 is 2.35 bits per heavy atom. The molecule has 0 aliphatic carbocycles. The molecule has 9 heteroatoms. The molecule has 0 unspecified atom stereocenters. The summed E-state index contributed by atoms with van der Waals surface area (Å²) in [5, 5.41) is 0. The van der Waals surface area contributed by atoms with Gasteiger partial charge in [-0.05, 0) is 81.8 Å². The molecule has 0 amide bonds. The minimum atomic E-state index is -4.42. The van der Waals surface area contributed by atoms with Crippen molar-refractivity contribution in [3.05, 3.63) is 59.4 Å². The van der Waals surface area contributed by atoms with Crippen molar-refractivity contribution >= 4 is 23.6 Å². The first-order chi connectivity index (χ1) is 17.5. The van der Waals surface area contributed by atoms with Crippen LogP contribution in [0.2, 0.25) is 0 Å². The lowest BCUT2D eigenvalue weighted by atomic mass is 9.91. The number of nitrogens with zero attached hydrogens (tertiary/aromatic N) is 2. The van der Waals surface area contributed by atoms with E-state index in [0.717, 1.165) is 23.9 Å². The molecule has 1 aliphatic rings. The SMILES string of the molecule is CCOC1=N[C@](C)(CCCc2ccc(Sc3cccc(C(F)(F)F)c3)cc2F)C(OCC)=N[C@H]1C(C)C. The highest BCUT2D eigenvalue weighted by Gasteiger charge is 2.39. The van der Waals surface area contributed by atoms with Crippen LogP contribution in [0, 0.1) is 11.7 Å². The molecule has 0 saturated carbocycles. The zero-order chi connectivity index (χ0) is 27.2. The summed E-state index contributed by atoms with van der Waals surface area (Å²) in [6, 6.07) is 9.61. The van der Waals surface area contributed by atoms with E-state index >= 15 is 0 Å². The van der Waals surface area contributed by atoms with Crippen molar-refractivity contribution in [3.8, 4) is 0 Å². The fourth-order valence-electron chi connectivity index (χ4n) is 4.16. The highest BCUT2D eigenvalue weighted by molar-refractivity contribution is 7.99. The molecule has 2 aromatic rings. The van der Waals surface area contributed by atoms with Crippen molar-refractivity contribution in [1.82, 2.24) is 0 Å². The van der Waals surface area contributed by atoms with E-state index in [1.165, 1.54) is 12.1 Å². The highest BCUT2D eigenvalue weighted by atomic mass is 32.2. The average Bonchev–Trinajstić information content (AvgIpc) is 2.82. The van der Waals surface area contributed by atoms with E-state index in [1.807, 2.05) is 20.8 Å². The van der Waals surface area contributed by atoms with Crippen molar-refractivity contribution in [3.63, 3.8) is 0 Å². The minimum absolute atomic E-state index is 0.200. The lowest BCUT2D eigenvalue weighted by Gasteiger charge is -2.34. The molecule has 0 spiro atoms. The van der Waals surface area contributed by atoms with Crippen molar-refractivity contribution in [2.45, 2.75) is 81.4 Å². The van der Waals surface area contributed by atoms with Crippen LogP contribution in [0.5, 0.6) is 0 Å². The number of rotatable bonds is 9. The smallest absolute Gasteiger partial charge is 0.416 e. The first kappa shape index (κ1) is 29.0. The van der Waals surface area contributed by atoms with E-state index in [1.54, 1.807) is 18.2 Å². The second kappa shape index (κ2) is 12.3. The molecule has 37 heavy (non-hydrogen) atoms. The first-order valence-corrected chi connectivity index (χ1v) is 13.4. The van der Waals surface area contributed by atoms with Gasteiger partial charge in [-0.25, -0.2) is 14.4 Å². The molecule has 2 atom stereocenters. The standard InChI is InChI=1S/C28H34F4N2O2S/c1-6-35-25-24(18(3)4)33-26(36-7-2)27(5,34-25)15-9-10-19-13-14-22(17-23(19)29)37-21-12-8-11-20(16-21)28(30,31)32/h8,11-14,16-18,24H,6-7,9-10,15H2,1-5H3/t24-,27+/m0/s1. The van der Waals surface area contributed by atoms with Crippen LogP contribution >= 0.6 is 11.8 Å². The van der Waals surface area contributed by atoms with Gasteiger partial charge >= 0.3 is 6.18 Å². The summed E-state index contributed by atoms with van der Waals surface area (Å²) in [5.41, 5.74) is -0.894. The monoisotopic (exact) mass is 538 g/mol. The van der Waals surface area contributed by atoms with E-state index in [9.17, 15) is 17.6 Å². The lowest BCUT2D eigenvalue weighted by molar-refractivity contribution is -0.137. The van der Waals surface area contributed by atoms with Crippen LogP contribution in [0.4, 0.5) is 17.6 Å². The highest BCUT2D eigenvalue weighted by Crippen LogP contribution is 2.35. The van der Waals surface area contributed by atoms with Gasteiger partial charge in [0.15, 0.2) is 0 Å². The largest absolute Gasteiger partial charge is 0.480 e. The molecule has 0 bridgehead atoms. The Balaban J connectivity index is 1.69. The number of aliphatic imine (C=N–C) groups is 2. The topological polar surface area (TPSA) is 43.2 Å². The lowest BCUT2D eigenvalue weighted by Crippen LogP contribution is -2.45. The summed E-state index contributed by atoms with van der Waals surface area (Å²) in [6.45, 7) is 10.9. The van der Waals surface area contributed by atoms with Crippen LogP contribution in [-0.4, -0.2) is 36.6 Å². The molecule has 3 rings (SSSR count). The molecule has 0 aromatic heterocycles. The Hall–Kier alpha value is -2.55. The number of ether oxygens (including phenoxy) is 2. The number of benzene rings is 2. The third-order valence-corrected chi connectivity index (χ3v) is 7.04. The Bertz CT molecular complexity index is 1130. The summed E-state index contributed by atoms with van der Waals surface area (Å²) in [4.78, 5) is 10.7. The summed E-state index contributed by atoms with van der Waals surface area (Å²) in [5.74, 6) is 0.991. The van der Waals surface area contributed by atoms with Crippen LogP contribution in [0.15, 0.2) is 62.2 Å². The Kier molecular flexibility index (Phi) is 9.67. The first-order valence-electron chi connectivity index (χ1n) is 12.5. The van der Waals surface area contributed by atoms with E-state index in [-0.39, 0.29) is 17.8 Å². The Labute approximate surface area is 220 Å². The van der Waals surface area contributed by atoms with Gasteiger partial charge in [0.25, 0.3) is 0 Å². The fraction of sp³-hybridized carbons (Fsp3) is 0.500. The zero-order valence-corrected chi connectivity index (χ0v) is 22.7. The normalized spacial score (nSPS) is 20.0. The third-order valence-electron chi connectivity index (χ3n) is 6.06. The molecule has 4 nitrogen and oxygen atoms in total. The van der Waals surface area contributed by atoms with E-state index < -0.39 is 17.3 Å². The molecule has 1 heterocycles. The zero-order valence-electron chi connectivity index (χ0n) is 21.9. The van der Waals surface area contributed by atoms with Crippen molar-refractivity contribution in [2.75, 3.05) is 13.2 Å². The van der Waals surface area contributed by atoms with Crippen LogP contribution in [0.25, 0.3) is 0 Å². The number of halogens is 4. The maximum atomic E-state index is 14.9. The predicted molar refractivity (Wildman–Crippen MR) is 140 cm³/mol. The molecule has 1 aliphatic heterocycles. The van der Waals surface area contributed by atoms with Gasteiger partial charge in [-0.3, -0.25) is 0 Å². The van der Waals surface area contributed by atoms with Gasteiger partial charge in [-0.2, -0.15) is 13.2 Å². The van der Waals surface area contributed by atoms with Crippen LogP contribution in [-0.2, 0) is 22.1 Å². The average molecular weight is 539 g/mol. The molecule has 0 N–H and O–H groups in total. The Morgan fingerprint density at radius 1 is 1.03 bits per heavy atom. The maximum absolute atomic E-state index is 14.9. The van der Waals surface area contributed by atoms with Gasteiger partial charge in [-0.1, -0.05) is 37.7 Å². The summed E-state index contributed by atoms with van der Waals surface area (Å²) >= 11 is 1.10. The molecule has 0 saturated heterocycles. The van der Waals surface area contributed by atoms with E-state index in [0.29, 0.717) is 59.6 Å². The van der Waals surface area contributed by atoms with Gasteiger partial charge in [0.05, 0.1) is 18.8 Å². The summed E-state index contributed by atoms with van der Waals surface area (Å²) in [7, 11) is 0. The number of hydrogen-bond donors (Lipinski definition) is 0. The van der Waals surface area contributed by atoms with Crippen LogP contribution < -0.4 is 0 Å². The van der Waals surface area contributed by atoms with Crippen molar-refractivity contribution in [1.29, 1.82) is 0 Å². The number of alkyl halides is 3. The molecule has 202 valence electrons. The third kappa shape index (κ3) is 7.49. The predicted octanol–water partition coefficient (Wildman–Crippen LogP) is 7.99. The number of hydrogen-bond acceptors (Lipinski definition) is 5. The minimum Gasteiger partial charge on any atom is -0.480 e. The van der Waals surface area contributed by atoms with Crippen LogP contribution in [0.1, 0.15) is 58.6 Å². The van der Waals surface area contributed by atoms with Crippen molar-refractivity contribution in [2.24, 2.45) is 15.9 Å². The van der Waals surface area contributed by atoms with Crippen molar-refractivity contribution < 1.29 is 27.0 Å². The Morgan fingerprint density at radius 2 is 1.73 bits per heavy atom. The second-order valence-corrected chi connectivity index (χ2v) is 10.6. The van der Waals surface area contributed by atoms with E-state index in [4.69, 9.17) is 19.5 Å². The van der Waals surface area contributed by atoms with Crippen LogP contribution in [0.3, 0.4) is 0 Å². The van der Waals surface area contributed by atoms with Gasteiger partial charge in [0.2, 0.25) is 11.8 Å². The molecular formula is C28H34F4N2O2S.